The number of nitrogens with one attached hydrogen (secondary N) is 2. The molecule has 8 nitrogen and oxygen atoms in total. The smallest absolute Gasteiger partial charge is 0.266 e. The molecular formula is C18H16N4O4. The minimum absolute atomic E-state index is 0.197. The van der Waals surface area contributed by atoms with E-state index in [1.165, 1.54) is 12.4 Å². The summed E-state index contributed by atoms with van der Waals surface area (Å²) in [4.78, 5) is 35.1. The Kier molecular flexibility index (Phi) is 4.93. The number of nitrogens with zero attached hydrogens (tertiary/aromatic N) is 2. The van der Waals surface area contributed by atoms with E-state index < -0.39 is 0 Å². The van der Waals surface area contributed by atoms with Gasteiger partial charge in [0.15, 0.2) is 0 Å². The fraction of sp³-hybridized carbons (Fsp3) is 0.111. The molecule has 2 aromatic heterocycles. The van der Waals surface area contributed by atoms with Crippen molar-refractivity contribution in [2.45, 2.75) is 0 Å². The minimum atomic E-state index is -0.208. The first-order valence-corrected chi connectivity index (χ1v) is 7.65. The van der Waals surface area contributed by atoms with Crippen LogP contribution in [0.15, 0.2) is 58.4 Å². The normalized spacial score (nSPS) is 10.2. The standard InChI is InChI=1S/2C9H8N2O2/c1-13-6-2-3-7-8(4-6)10-5-9(12)11-7;1-13-6-2-3-7-8(4-6)11-9(12)5-10-7/h2*2-5H,1H3,(H,11,12). The van der Waals surface area contributed by atoms with E-state index in [-0.39, 0.29) is 11.1 Å². The molecule has 0 aliphatic carbocycles. The second-order valence-electron chi connectivity index (χ2n) is 5.26. The average molecular weight is 352 g/mol. The maximum absolute atomic E-state index is 10.9. The largest absolute Gasteiger partial charge is 0.497 e. The maximum Gasteiger partial charge on any atom is 0.266 e. The van der Waals surface area contributed by atoms with Crippen molar-refractivity contribution in [1.82, 2.24) is 19.9 Å². The molecule has 2 N–H and O–H groups in total. The second kappa shape index (κ2) is 7.47. The number of ether oxygens (including phenoxy) is 2. The van der Waals surface area contributed by atoms with Crippen LogP contribution in [0.1, 0.15) is 0 Å². The number of benzene rings is 2. The molecule has 0 fully saturated rings. The van der Waals surface area contributed by atoms with Gasteiger partial charge in [-0.1, -0.05) is 0 Å². The number of rotatable bonds is 2. The van der Waals surface area contributed by atoms with Crippen molar-refractivity contribution in [3.8, 4) is 11.5 Å². The summed E-state index contributed by atoms with van der Waals surface area (Å²) in [6.45, 7) is 0. The molecule has 0 radical (unpaired) electrons. The molecule has 4 aromatic rings. The van der Waals surface area contributed by atoms with Crippen LogP contribution in [-0.2, 0) is 0 Å². The number of aromatic nitrogens is 4. The highest BCUT2D eigenvalue weighted by atomic mass is 16.5. The lowest BCUT2D eigenvalue weighted by Crippen LogP contribution is -2.04. The number of methoxy groups -OCH3 is 2. The fourth-order valence-corrected chi connectivity index (χ4v) is 2.29. The molecule has 0 aliphatic rings. The van der Waals surface area contributed by atoms with Crippen LogP contribution in [0, 0.1) is 0 Å². The van der Waals surface area contributed by atoms with Gasteiger partial charge in [-0.05, 0) is 24.3 Å². The zero-order valence-corrected chi connectivity index (χ0v) is 14.1. The minimum Gasteiger partial charge on any atom is -0.497 e. The van der Waals surface area contributed by atoms with Crippen molar-refractivity contribution in [2.24, 2.45) is 0 Å². The molecule has 0 unspecified atom stereocenters. The van der Waals surface area contributed by atoms with Gasteiger partial charge in [-0.15, -0.1) is 0 Å². The summed E-state index contributed by atoms with van der Waals surface area (Å²) < 4.78 is 10.0. The van der Waals surface area contributed by atoms with Gasteiger partial charge in [-0.3, -0.25) is 9.59 Å². The van der Waals surface area contributed by atoms with Crippen molar-refractivity contribution in [2.75, 3.05) is 14.2 Å². The molecule has 26 heavy (non-hydrogen) atoms. The van der Waals surface area contributed by atoms with Gasteiger partial charge in [-0.2, -0.15) is 0 Å². The summed E-state index contributed by atoms with van der Waals surface area (Å²) in [6.07, 6.45) is 2.51. The van der Waals surface area contributed by atoms with E-state index in [0.29, 0.717) is 16.8 Å². The monoisotopic (exact) mass is 352 g/mol. The van der Waals surface area contributed by atoms with Crippen molar-refractivity contribution >= 4 is 22.1 Å². The highest BCUT2D eigenvalue weighted by Gasteiger charge is 1.98. The van der Waals surface area contributed by atoms with Crippen LogP contribution in [0.5, 0.6) is 11.5 Å². The van der Waals surface area contributed by atoms with Gasteiger partial charge >= 0.3 is 0 Å². The first-order chi connectivity index (χ1) is 12.6. The summed E-state index contributed by atoms with van der Waals surface area (Å²) in [6, 6.07) is 10.6. The van der Waals surface area contributed by atoms with E-state index in [1.54, 1.807) is 50.6 Å². The van der Waals surface area contributed by atoms with Crippen LogP contribution in [0.25, 0.3) is 22.1 Å². The van der Waals surface area contributed by atoms with E-state index >= 15 is 0 Å². The van der Waals surface area contributed by atoms with Crippen LogP contribution in [0.2, 0.25) is 0 Å². The molecule has 0 aliphatic heterocycles. The molecule has 4 rings (SSSR count). The quantitative estimate of drug-likeness (QED) is 0.570. The van der Waals surface area contributed by atoms with Gasteiger partial charge in [0.25, 0.3) is 11.1 Å². The molecule has 8 heteroatoms. The zero-order chi connectivity index (χ0) is 18.5. The Labute approximate surface area is 147 Å². The van der Waals surface area contributed by atoms with Crippen LogP contribution in [0.4, 0.5) is 0 Å². The van der Waals surface area contributed by atoms with E-state index in [4.69, 9.17) is 9.47 Å². The van der Waals surface area contributed by atoms with Crippen molar-refractivity contribution in [3.63, 3.8) is 0 Å². The van der Waals surface area contributed by atoms with Crippen LogP contribution in [0.3, 0.4) is 0 Å². The lowest BCUT2D eigenvalue weighted by atomic mass is 10.3. The maximum atomic E-state index is 10.9. The topological polar surface area (TPSA) is 110 Å². The van der Waals surface area contributed by atoms with Gasteiger partial charge in [0.2, 0.25) is 0 Å². The van der Waals surface area contributed by atoms with Crippen LogP contribution >= 0.6 is 0 Å². The molecule has 0 saturated carbocycles. The van der Waals surface area contributed by atoms with Crippen LogP contribution in [-0.4, -0.2) is 34.2 Å². The fourth-order valence-electron chi connectivity index (χ4n) is 2.29. The van der Waals surface area contributed by atoms with Crippen molar-refractivity contribution < 1.29 is 9.47 Å². The lowest BCUT2D eigenvalue weighted by Gasteiger charge is -2.00. The van der Waals surface area contributed by atoms with Gasteiger partial charge in [0.05, 0.1) is 48.7 Å². The first-order valence-electron chi connectivity index (χ1n) is 7.65. The summed E-state index contributed by atoms with van der Waals surface area (Å²) in [7, 11) is 3.17. The van der Waals surface area contributed by atoms with E-state index in [0.717, 1.165) is 16.8 Å². The van der Waals surface area contributed by atoms with Crippen molar-refractivity contribution in [1.29, 1.82) is 0 Å². The third kappa shape index (κ3) is 3.86. The second-order valence-corrected chi connectivity index (χ2v) is 5.26. The summed E-state index contributed by atoms with van der Waals surface area (Å²) >= 11 is 0. The zero-order valence-electron chi connectivity index (χ0n) is 14.1. The number of fused-ring (bicyclic) bond motifs is 2. The highest BCUT2D eigenvalue weighted by Crippen LogP contribution is 2.16. The molecule has 2 heterocycles. The molecular weight excluding hydrogens is 336 g/mol. The predicted molar refractivity (Wildman–Crippen MR) is 97.8 cm³/mol. The summed E-state index contributed by atoms with van der Waals surface area (Å²) in [5.41, 5.74) is 2.47. The first kappa shape index (κ1) is 17.2. The van der Waals surface area contributed by atoms with Gasteiger partial charge in [0, 0.05) is 12.1 Å². The molecule has 0 bridgehead atoms. The van der Waals surface area contributed by atoms with Crippen LogP contribution < -0.4 is 20.6 Å². The predicted octanol–water partition coefficient (Wildman–Crippen LogP) is 1.86. The average Bonchev–Trinajstić information content (AvgIpc) is 2.67. The molecule has 0 amide bonds. The number of aromatic amines is 2. The Morgan fingerprint density at radius 2 is 1.31 bits per heavy atom. The Hall–Kier alpha value is -3.68. The van der Waals surface area contributed by atoms with E-state index in [9.17, 15) is 9.59 Å². The summed E-state index contributed by atoms with van der Waals surface area (Å²) in [5, 5.41) is 0. The van der Waals surface area contributed by atoms with Gasteiger partial charge < -0.3 is 19.4 Å². The third-order valence-electron chi connectivity index (χ3n) is 3.57. The highest BCUT2D eigenvalue weighted by molar-refractivity contribution is 5.75. The number of hydrogen-bond acceptors (Lipinski definition) is 6. The van der Waals surface area contributed by atoms with Crippen molar-refractivity contribution in [3.05, 3.63) is 69.5 Å². The SMILES string of the molecule is COc1ccc2[nH]c(=O)cnc2c1.COc1ccc2ncc(=O)[nH]c2c1. The van der Waals surface area contributed by atoms with E-state index in [1.807, 2.05) is 0 Å². The number of hydrogen-bond donors (Lipinski definition) is 2. The van der Waals surface area contributed by atoms with E-state index in [2.05, 4.69) is 19.9 Å². The van der Waals surface area contributed by atoms with Gasteiger partial charge in [0.1, 0.15) is 11.5 Å². The molecule has 0 atom stereocenters. The lowest BCUT2D eigenvalue weighted by molar-refractivity contribution is 0.415. The molecule has 0 spiro atoms. The summed E-state index contributed by atoms with van der Waals surface area (Å²) in [5.74, 6) is 1.43. The molecule has 2 aromatic carbocycles. The Morgan fingerprint density at radius 3 is 2.00 bits per heavy atom. The Morgan fingerprint density at radius 1 is 0.731 bits per heavy atom. The molecule has 132 valence electrons. The number of H-pyrrole nitrogens is 2. The van der Waals surface area contributed by atoms with Gasteiger partial charge in [-0.25, -0.2) is 9.97 Å². The molecule has 0 saturated heterocycles. The third-order valence-corrected chi connectivity index (χ3v) is 3.57. The Bertz CT molecular complexity index is 1170. The Balaban J connectivity index is 0.000000151.